The van der Waals surface area contributed by atoms with E-state index >= 15 is 0 Å². The highest BCUT2D eigenvalue weighted by atomic mass is 28.3. The first-order valence-electron chi connectivity index (χ1n) is 9.88. The fourth-order valence-electron chi connectivity index (χ4n) is 4.09. The average Bonchev–Trinajstić information content (AvgIpc) is 3.01. The molecule has 3 rings (SSSR count). The molecule has 0 atom stereocenters. The Balaban J connectivity index is 1.86. The molecule has 0 spiro atoms. The first-order valence-corrected chi connectivity index (χ1v) is 13.3. The van der Waals surface area contributed by atoms with Gasteiger partial charge in [0, 0.05) is 25.0 Å². The molecule has 0 bridgehead atoms. The zero-order valence-electron chi connectivity index (χ0n) is 16.7. The van der Waals surface area contributed by atoms with E-state index in [0.29, 0.717) is 6.07 Å². The lowest BCUT2D eigenvalue weighted by Gasteiger charge is -2.28. The third-order valence-corrected chi connectivity index (χ3v) is 9.18. The lowest BCUT2D eigenvalue weighted by Crippen LogP contribution is -2.37. The number of carbonyl (C=O) groups is 1. The summed E-state index contributed by atoms with van der Waals surface area (Å²) in [5.41, 5.74) is -3.37. The van der Waals surface area contributed by atoms with E-state index in [1.54, 1.807) is 0 Å². The Kier molecular flexibility index (Phi) is 6.01. The van der Waals surface area contributed by atoms with E-state index in [9.17, 15) is 31.1 Å². The van der Waals surface area contributed by atoms with Crippen molar-refractivity contribution in [3.8, 4) is 0 Å². The molecule has 1 aliphatic rings. The van der Waals surface area contributed by atoms with Crippen LogP contribution in [0, 0.1) is 0 Å². The van der Waals surface area contributed by atoms with Gasteiger partial charge >= 0.3 is 12.4 Å². The van der Waals surface area contributed by atoms with Gasteiger partial charge in [-0.25, -0.2) is 0 Å². The van der Waals surface area contributed by atoms with Crippen molar-refractivity contribution < 1.29 is 31.1 Å². The summed E-state index contributed by atoms with van der Waals surface area (Å²) in [5.74, 6) is -0.602. The molecule has 2 aromatic rings. The molecule has 1 aromatic heterocycles. The zero-order chi connectivity index (χ0) is 22.3. The molecule has 30 heavy (non-hydrogen) atoms. The number of benzene rings is 1. The Labute approximate surface area is 171 Å². The Hall–Kier alpha value is -1.97. The van der Waals surface area contributed by atoms with Crippen LogP contribution in [0.3, 0.4) is 0 Å². The third-order valence-electron chi connectivity index (χ3n) is 5.76. The number of aromatic nitrogens is 1. The maximum absolute atomic E-state index is 13.3. The second kappa shape index (κ2) is 7.94. The number of rotatable bonds is 2. The summed E-state index contributed by atoms with van der Waals surface area (Å²) in [6.45, 7) is 4.67. The SMILES string of the molecule is C[Si]1(C)CCCC(NC(=O)c2cc3c(C(F)(F)F)cc(C(F)(F)F)cc3[nH]2)CCC1. The number of halogens is 6. The normalized spacial score (nSPS) is 18.8. The highest BCUT2D eigenvalue weighted by molar-refractivity contribution is 6.77. The van der Waals surface area contributed by atoms with Gasteiger partial charge in [-0.05, 0) is 31.0 Å². The quantitative estimate of drug-likeness (QED) is 0.394. The van der Waals surface area contributed by atoms with Crippen LogP contribution in [-0.4, -0.2) is 25.0 Å². The van der Waals surface area contributed by atoms with E-state index < -0.39 is 42.8 Å². The second-order valence-electron chi connectivity index (χ2n) is 8.78. The van der Waals surface area contributed by atoms with E-state index in [1.165, 1.54) is 0 Å². The lowest BCUT2D eigenvalue weighted by molar-refractivity contribution is -0.142. The van der Waals surface area contributed by atoms with E-state index in [-0.39, 0.29) is 23.3 Å². The van der Waals surface area contributed by atoms with Gasteiger partial charge in [-0.1, -0.05) is 38.0 Å². The van der Waals surface area contributed by atoms with Crippen LogP contribution < -0.4 is 5.32 Å². The first-order chi connectivity index (χ1) is 13.8. The maximum atomic E-state index is 13.3. The molecule has 2 heterocycles. The lowest BCUT2D eigenvalue weighted by atomic mass is 10.0. The molecule has 166 valence electrons. The van der Waals surface area contributed by atoms with Crippen LogP contribution in [0.25, 0.3) is 10.9 Å². The van der Waals surface area contributed by atoms with Gasteiger partial charge in [-0.3, -0.25) is 4.79 Å². The van der Waals surface area contributed by atoms with Gasteiger partial charge in [-0.2, -0.15) is 26.3 Å². The van der Waals surface area contributed by atoms with Gasteiger partial charge < -0.3 is 10.3 Å². The molecular formula is C20H24F6N2OSi. The molecule has 10 heteroatoms. The van der Waals surface area contributed by atoms with E-state index in [2.05, 4.69) is 23.4 Å². The van der Waals surface area contributed by atoms with Crippen LogP contribution in [0.1, 0.15) is 47.3 Å². The van der Waals surface area contributed by atoms with Crippen molar-refractivity contribution in [1.29, 1.82) is 0 Å². The highest BCUT2D eigenvalue weighted by Crippen LogP contribution is 2.40. The average molecular weight is 450 g/mol. The van der Waals surface area contributed by atoms with Crippen LogP contribution >= 0.6 is 0 Å². The van der Waals surface area contributed by atoms with Crippen molar-refractivity contribution in [2.75, 3.05) is 0 Å². The smallest absolute Gasteiger partial charge is 0.351 e. The first kappa shape index (κ1) is 22.7. The van der Waals surface area contributed by atoms with Crippen molar-refractivity contribution in [3.05, 3.63) is 35.0 Å². The Morgan fingerprint density at radius 3 is 2.13 bits per heavy atom. The van der Waals surface area contributed by atoms with Gasteiger partial charge in [0.15, 0.2) is 0 Å². The largest absolute Gasteiger partial charge is 0.417 e. The fraction of sp³-hybridized carbons (Fsp3) is 0.550. The molecule has 1 saturated heterocycles. The van der Waals surface area contributed by atoms with E-state index in [0.717, 1.165) is 43.8 Å². The van der Waals surface area contributed by atoms with Gasteiger partial charge in [0.25, 0.3) is 5.91 Å². The molecule has 1 aliphatic heterocycles. The standard InChI is InChI=1S/C20H24F6N2OSi/c1-30(2)7-3-5-13(6-4-8-30)27-18(29)17-11-14-15(20(24,25)26)9-12(19(21,22)23)10-16(14)28-17/h9-11,13,28H,3-8H2,1-2H3,(H,27,29). The van der Waals surface area contributed by atoms with Crippen molar-refractivity contribution in [1.82, 2.24) is 10.3 Å². The number of fused-ring (bicyclic) bond motifs is 1. The van der Waals surface area contributed by atoms with Crippen LogP contribution in [0.2, 0.25) is 25.2 Å². The minimum Gasteiger partial charge on any atom is -0.351 e. The number of amides is 1. The topological polar surface area (TPSA) is 44.9 Å². The molecule has 0 unspecified atom stereocenters. The molecule has 3 nitrogen and oxygen atoms in total. The van der Waals surface area contributed by atoms with E-state index in [4.69, 9.17) is 0 Å². The minimum absolute atomic E-state index is 0.0816. The predicted octanol–water partition coefficient (Wildman–Crippen LogP) is 6.59. The van der Waals surface area contributed by atoms with Crippen molar-refractivity contribution in [2.24, 2.45) is 0 Å². The number of hydrogen-bond donors (Lipinski definition) is 2. The van der Waals surface area contributed by atoms with Crippen LogP contribution in [0.5, 0.6) is 0 Å². The van der Waals surface area contributed by atoms with Gasteiger partial charge in [0.1, 0.15) is 5.69 Å². The highest BCUT2D eigenvalue weighted by Gasteiger charge is 2.38. The third kappa shape index (κ3) is 5.19. The van der Waals surface area contributed by atoms with Gasteiger partial charge in [-0.15, -0.1) is 0 Å². The van der Waals surface area contributed by atoms with Crippen LogP contribution in [-0.2, 0) is 12.4 Å². The minimum atomic E-state index is -4.98. The van der Waals surface area contributed by atoms with Crippen LogP contribution in [0.15, 0.2) is 18.2 Å². The van der Waals surface area contributed by atoms with Crippen molar-refractivity contribution in [2.45, 2.75) is 69.3 Å². The summed E-state index contributed by atoms with van der Waals surface area (Å²) in [4.78, 5) is 15.1. The van der Waals surface area contributed by atoms with Crippen molar-refractivity contribution >= 4 is 24.9 Å². The number of aromatic amines is 1. The Morgan fingerprint density at radius 1 is 1.00 bits per heavy atom. The molecule has 0 aliphatic carbocycles. The molecular weight excluding hydrogens is 426 g/mol. The van der Waals surface area contributed by atoms with Crippen LogP contribution in [0.4, 0.5) is 26.3 Å². The number of alkyl halides is 6. The molecule has 1 amide bonds. The Bertz CT molecular complexity index is 920. The molecule has 0 saturated carbocycles. The predicted molar refractivity (Wildman–Crippen MR) is 105 cm³/mol. The number of nitrogens with one attached hydrogen (secondary N) is 2. The fourth-order valence-corrected chi connectivity index (χ4v) is 6.66. The number of H-pyrrole nitrogens is 1. The molecule has 0 radical (unpaired) electrons. The maximum Gasteiger partial charge on any atom is 0.417 e. The summed E-state index contributed by atoms with van der Waals surface area (Å²) >= 11 is 0. The molecule has 2 N–H and O–H groups in total. The summed E-state index contributed by atoms with van der Waals surface area (Å²) in [5, 5.41) is 2.38. The van der Waals surface area contributed by atoms with Gasteiger partial charge in [0.2, 0.25) is 0 Å². The zero-order valence-corrected chi connectivity index (χ0v) is 17.7. The summed E-state index contributed by atoms with van der Waals surface area (Å²) in [6, 6.07) is 3.87. The Morgan fingerprint density at radius 2 is 1.60 bits per heavy atom. The molecule has 1 fully saturated rings. The molecule has 1 aromatic carbocycles. The summed E-state index contributed by atoms with van der Waals surface area (Å²) < 4.78 is 79.1. The number of hydrogen-bond acceptors (Lipinski definition) is 1. The number of carbonyl (C=O) groups excluding carboxylic acids is 1. The van der Waals surface area contributed by atoms with E-state index in [1.807, 2.05) is 0 Å². The monoisotopic (exact) mass is 450 g/mol. The van der Waals surface area contributed by atoms with Crippen molar-refractivity contribution in [3.63, 3.8) is 0 Å². The summed E-state index contributed by atoms with van der Waals surface area (Å²) in [6.07, 6.45) is -6.39. The second-order valence-corrected chi connectivity index (χ2v) is 14.1. The van der Waals surface area contributed by atoms with Gasteiger partial charge in [0.05, 0.1) is 11.1 Å². The summed E-state index contributed by atoms with van der Waals surface area (Å²) in [7, 11) is -1.19.